The van der Waals surface area contributed by atoms with E-state index in [4.69, 9.17) is 28.5 Å². The molecule has 0 spiro atoms. The predicted octanol–water partition coefficient (Wildman–Crippen LogP) is 10.1. The number of nitrogens with zero attached hydrogens (tertiary/aromatic N) is 3. The van der Waals surface area contributed by atoms with E-state index in [0.29, 0.717) is 51.5 Å². The molecule has 520 valence electrons. The minimum absolute atomic E-state index is 0.0558. The maximum atomic E-state index is 13.8. The molecule has 16 N–H and O–H groups in total. The number of hydrogen-bond donors (Lipinski definition) is 12. The maximum absolute atomic E-state index is 13.8. The molecule has 0 aliphatic heterocycles. The van der Waals surface area contributed by atoms with Crippen LogP contribution in [0, 0.1) is 0 Å². The Morgan fingerprint density at radius 3 is 1.01 bits per heavy atom. The number of carbonyl (C=O) groups is 12. The molecule has 4 aromatic carbocycles. The van der Waals surface area contributed by atoms with Crippen molar-refractivity contribution in [1.82, 2.24) is 26.6 Å². The number of benzene rings is 4. The first-order valence-corrected chi connectivity index (χ1v) is 32.3. The number of urea groups is 3. The topological polar surface area (TPSA) is 454 Å². The minimum atomic E-state index is -1.000. The second kappa shape index (κ2) is 39.5. The molecule has 4 rings (SSSR count). The summed E-state index contributed by atoms with van der Waals surface area (Å²) in [7, 11) is 0. The van der Waals surface area contributed by atoms with Gasteiger partial charge < -0.3 is 94.2 Å². The average Bonchev–Trinajstić information content (AvgIpc) is 0.773. The monoisotopic (exact) mass is 1330 g/mol. The number of rotatable bonds is 38. The van der Waals surface area contributed by atoms with Crippen molar-refractivity contribution in [3.63, 3.8) is 0 Å². The second-order valence-electron chi connectivity index (χ2n) is 24.0. The Morgan fingerprint density at radius 1 is 0.427 bits per heavy atom. The number of Topliss-reactive ketones (excluding diaryl/α,β-unsaturated/α-hetero) is 6. The molecule has 0 aromatic heterocycles. The van der Waals surface area contributed by atoms with E-state index in [1.807, 2.05) is 6.92 Å². The number of anilines is 6. The van der Waals surface area contributed by atoms with Gasteiger partial charge in [0, 0.05) is 97.4 Å². The van der Waals surface area contributed by atoms with Crippen LogP contribution < -0.4 is 65.5 Å². The molecule has 0 atom stereocenters. The van der Waals surface area contributed by atoms with E-state index < -0.39 is 41.0 Å². The van der Waals surface area contributed by atoms with Gasteiger partial charge in [-0.2, -0.15) is 0 Å². The minimum Gasteiger partial charge on any atom is -0.397 e. The Hall–Kier alpha value is -10.2. The van der Waals surface area contributed by atoms with Crippen LogP contribution >= 0.6 is 0 Å². The van der Waals surface area contributed by atoms with Gasteiger partial charge >= 0.3 is 18.1 Å². The maximum Gasteiger partial charge on any atom is 0.319 e. The van der Waals surface area contributed by atoms with Crippen LogP contribution in [0.3, 0.4) is 0 Å². The van der Waals surface area contributed by atoms with Crippen LogP contribution in [-0.2, 0) is 67.5 Å². The quantitative estimate of drug-likeness (QED) is 0.00652. The summed E-state index contributed by atoms with van der Waals surface area (Å²) in [5.74, 6) is -1.78. The molecular formula is C69H97N15O12. The van der Waals surface area contributed by atoms with Crippen molar-refractivity contribution in [3.8, 4) is 0 Å². The highest BCUT2D eigenvalue weighted by Crippen LogP contribution is 2.34. The smallest absolute Gasteiger partial charge is 0.319 e. The van der Waals surface area contributed by atoms with Crippen LogP contribution in [0.25, 0.3) is 10.4 Å². The molecule has 0 aliphatic rings. The molecule has 0 saturated carbocycles. The lowest BCUT2D eigenvalue weighted by Gasteiger charge is -2.35. The molecule has 9 amide bonds. The lowest BCUT2D eigenvalue weighted by atomic mass is 9.81. The van der Waals surface area contributed by atoms with Crippen molar-refractivity contribution in [2.75, 3.05) is 46.2 Å². The van der Waals surface area contributed by atoms with E-state index >= 15 is 0 Å². The van der Waals surface area contributed by atoms with Gasteiger partial charge in [0.05, 0.1) is 34.1 Å². The number of hydrogen-bond acceptors (Lipinski definition) is 16. The molecule has 0 heterocycles. The SMILES string of the molecule is CC(=O)CCC(CCC(C)=O)(CCC(C)=O)NC(=O)c1ccc(N)c(NC(N)=O)c1.CCc1c(CC)c(CNC(=O)Nc2cc(C(=O)NCCCN=[N+]=[N-])ccc2N)c(CC)c(CNC(=O)Nc2cc(C(=O)NC(CCC(C)=O)(CCC(C)=O)CCC(C)=O)ccc2N)c1CC. The summed E-state index contributed by atoms with van der Waals surface area (Å²) >= 11 is 0. The summed E-state index contributed by atoms with van der Waals surface area (Å²) < 4.78 is 0. The van der Waals surface area contributed by atoms with Crippen LogP contribution in [0.1, 0.15) is 217 Å². The fourth-order valence-corrected chi connectivity index (χ4v) is 11.2. The lowest BCUT2D eigenvalue weighted by Crippen LogP contribution is -2.49. The van der Waals surface area contributed by atoms with Crippen LogP contribution in [0.15, 0.2) is 59.7 Å². The molecule has 96 heavy (non-hydrogen) atoms. The van der Waals surface area contributed by atoms with E-state index in [1.165, 1.54) is 90.1 Å². The van der Waals surface area contributed by atoms with Gasteiger partial charge in [-0.1, -0.05) is 32.8 Å². The molecule has 0 bridgehead atoms. The van der Waals surface area contributed by atoms with E-state index in [9.17, 15) is 57.5 Å². The largest absolute Gasteiger partial charge is 0.397 e. The molecule has 0 fully saturated rings. The van der Waals surface area contributed by atoms with Gasteiger partial charge in [0.2, 0.25) is 0 Å². The van der Waals surface area contributed by atoms with Crippen molar-refractivity contribution in [3.05, 3.63) is 115 Å². The Kier molecular flexibility index (Phi) is 33.0. The normalized spacial score (nSPS) is 10.9. The Morgan fingerprint density at radius 2 is 0.719 bits per heavy atom. The van der Waals surface area contributed by atoms with E-state index in [0.717, 1.165) is 39.8 Å². The van der Waals surface area contributed by atoms with Crippen molar-refractivity contribution in [1.29, 1.82) is 0 Å². The highest BCUT2D eigenvalue weighted by Gasteiger charge is 2.35. The van der Waals surface area contributed by atoms with Crippen molar-refractivity contribution < 1.29 is 57.5 Å². The van der Waals surface area contributed by atoms with Gasteiger partial charge in [0.1, 0.15) is 34.7 Å². The van der Waals surface area contributed by atoms with Gasteiger partial charge in [0.15, 0.2) is 0 Å². The Labute approximate surface area is 561 Å². The van der Waals surface area contributed by atoms with Gasteiger partial charge in [-0.3, -0.25) is 14.4 Å². The van der Waals surface area contributed by atoms with Gasteiger partial charge in [-0.15, -0.1) is 0 Å². The van der Waals surface area contributed by atoms with E-state index in [-0.39, 0.29) is 169 Å². The van der Waals surface area contributed by atoms with E-state index in [2.05, 4.69) is 73.3 Å². The number of azide groups is 1. The van der Waals surface area contributed by atoms with Gasteiger partial charge in [-0.05, 0) is 206 Å². The third-order valence-electron chi connectivity index (χ3n) is 16.4. The average molecular weight is 1330 g/mol. The highest BCUT2D eigenvalue weighted by molar-refractivity contribution is 6.02. The zero-order chi connectivity index (χ0) is 71.9. The van der Waals surface area contributed by atoms with Gasteiger partial charge in [-0.25, -0.2) is 14.4 Å². The number of nitrogens with one attached hydrogen (secondary N) is 8. The van der Waals surface area contributed by atoms with Crippen LogP contribution in [-0.4, -0.2) is 94.7 Å². The third kappa shape index (κ3) is 26.3. The molecule has 0 aliphatic carbocycles. The first-order chi connectivity index (χ1) is 45.4. The summed E-state index contributed by atoms with van der Waals surface area (Å²) in [6.45, 7) is 17.8. The first-order valence-electron chi connectivity index (χ1n) is 32.3. The number of carbonyl (C=O) groups excluding carboxylic acids is 12. The van der Waals surface area contributed by atoms with Crippen LogP contribution in [0.5, 0.6) is 0 Å². The number of ketones is 6. The summed E-state index contributed by atoms with van der Waals surface area (Å²) in [4.78, 5) is 151. The molecule has 27 heteroatoms. The van der Waals surface area contributed by atoms with Crippen molar-refractivity contribution >= 4 is 105 Å². The van der Waals surface area contributed by atoms with Crippen LogP contribution in [0.4, 0.5) is 48.5 Å². The fraction of sp³-hybridized carbons (Fsp3) is 0.478. The molecule has 4 aromatic rings. The van der Waals surface area contributed by atoms with E-state index in [1.54, 1.807) is 6.07 Å². The highest BCUT2D eigenvalue weighted by atomic mass is 16.2. The van der Waals surface area contributed by atoms with Crippen molar-refractivity contribution in [2.45, 2.75) is 203 Å². The molecule has 27 nitrogen and oxygen atoms in total. The standard InChI is InChI=1S/C48H67N11O7.C21H30N4O5/c1-8-34-35(9-2)38(27-53-46(65)56-42-25-32(13-15-40(42)49)44(63)52-23-12-24-55-59-51)37(11-4)39(36(34)10-3)28-54-47(66)57-43-26-33(14-16-41(43)50)45(64)58-48(20-17-29(5)60,21-18-30(6)61)22-19-31(7)62;1-13(26)6-9-21(10-7-14(2)27,11-8-15(3)28)25-19(29)16-4-5-17(22)18(12-16)24-20(23)30/h13-16,25-26H,8-12,17-24,27-28,49-50H2,1-7H3,(H,52,63)(H,58,64)(H2,53,56,65)(H2,54,57,66);4-5,12H,6-11,22H2,1-3H3,(H,25,29)(H3,23,24,30). The summed E-state index contributed by atoms with van der Waals surface area (Å²) in [6.07, 6.45) is 5.89. The molecular weight excluding hydrogens is 1230 g/mol. The number of amides is 9. The molecule has 0 radical (unpaired) electrons. The predicted molar refractivity (Wildman–Crippen MR) is 372 cm³/mol. The summed E-state index contributed by atoms with van der Waals surface area (Å²) in [5, 5.41) is 26.0. The Balaban J connectivity index is 0.000000667. The number of nitrogens with two attached hydrogens (primary N) is 4. The third-order valence-corrected chi connectivity index (χ3v) is 16.4. The van der Waals surface area contributed by atoms with Crippen molar-refractivity contribution in [2.24, 2.45) is 10.8 Å². The second-order valence-corrected chi connectivity index (χ2v) is 24.0. The zero-order valence-electron chi connectivity index (χ0n) is 57.1. The van der Waals surface area contributed by atoms with Crippen LogP contribution in [0.2, 0.25) is 0 Å². The molecule has 0 unspecified atom stereocenters. The summed E-state index contributed by atoms with van der Waals surface area (Å²) in [5.41, 5.74) is 38.2. The number of primary amides is 1. The number of nitrogen functional groups attached to an aromatic ring is 3. The first kappa shape index (κ1) is 80.1. The molecule has 0 saturated heterocycles. The summed E-state index contributed by atoms with van der Waals surface area (Å²) in [6, 6.07) is 11.5. The Bertz CT molecular complexity index is 3470. The lowest BCUT2D eigenvalue weighted by molar-refractivity contribution is -0.119. The fourth-order valence-electron chi connectivity index (χ4n) is 11.2. The zero-order valence-corrected chi connectivity index (χ0v) is 57.1. The van der Waals surface area contributed by atoms with Gasteiger partial charge in [0.25, 0.3) is 17.7 Å².